The van der Waals surface area contributed by atoms with Crippen molar-refractivity contribution in [2.24, 2.45) is 17.8 Å². The molecule has 1 N–H and O–H groups in total. The molecule has 0 fully saturated rings. The van der Waals surface area contributed by atoms with Crippen molar-refractivity contribution < 1.29 is 14.0 Å². The number of hydrogen-bond acceptors (Lipinski definition) is 2. The van der Waals surface area contributed by atoms with Crippen LogP contribution >= 0.6 is 0 Å². The maximum atomic E-state index is 10.6. The first-order valence-electron chi connectivity index (χ1n) is 14.3. The lowest BCUT2D eigenvalue weighted by molar-refractivity contribution is 0.0512. The summed E-state index contributed by atoms with van der Waals surface area (Å²) in [6.45, 7) is 12.9. The predicted octanol–water partition coefficient (Wildman–Crippen LogP) is 8.84. The Balaban J connectivity index is 1.86. The van der Waals surface area contributed by atoms with Crippen molar-refractivity contribution >= 4 is 0 Å². The van der Waals surface area contributed by atoms with Crippen molar-refractivity contribution in [1.82, 2.24) is 0 Å². The molecule has 2 heteroatoms. The summed E-state index contributed by atoms with van der Waals surface area (Å²) in [5.74, 6) is 2.98. The van der Waals surface area contributed by atoms with E-state index in [0.29, 0.717) is 23.3 Å². The quantitative estimate of drug-likeness (QED) is 0.357. The Hall–Kier alpha value is -1.18. The maximum absolute atomic E-state index is 10.6. The molecule has 1 aromatic carbocycles. The van der Waals surface area contributed by atoms with E-state index in [1.165, 1.54) is 44.9 Å². The molecule has 1 aliphatic rings. The fourth-order valence-corrected chi connectivity index (χ4v) is 5.06. The molecule has 1 heterocycles. The third-order valence-electron chi connectivity index (χ3n) is 7.60. The molecule has 3 atom stereocenters. The van der Waals surface area contributed by atoms with Gasteiger partial charge in [0.05, 0.1) is 0 Å². The van der Waals surface area contributed by atoms with Gasteiger partial charge in [0.25, 0.3) is 0 Å². The Bertz CT molecular complexity index is 800. The van der Waals surface area contributed by atoms with Gasteiger partial charge in [0.15, 0.2) is 0 Å². The molecule has 0 radical (unpaired) electrons. The fraction of sp³-hybridized carbons (Fsp3) is 0.793. The molecule has 0 aliphatic carbocycles. The van der Waals surface area contributed by atoms with Crippen LogP contribution in [0.25, 0.3) is 0 Å². The second kappa shape index (κ2) is 11.6. The summed E-state index contributed by atoms with van der Waals surface area (Å²) in [4.78, 5) is 0. The highest BCUT2D eigenvalue weighted by Gasteiger charge is 2.34. The zero-order valence-corrected chi connectivity index (χ0v) is 21.4. The summed E-state index contributed by atoms with van der Waals surface area (Å²) in [7, 11) is 0. The van der Waals surface area contributed by atoms with Crippen molar-refractivity contribution in [3.8, 4) is 11.5 Å². The molecular weight excluding hydrogens is 380 g/mol. The lowest BCUT2D eigenvalue weighted by Gasteiger charge is -2.38. The van der Waals surface area contributed by atoms with Gasteiger partial charge in [-0.05, 0) is 87.8 Å². The highest BCUT2D eigenvalue weighted by molar-refractivity contribution is 5.58. The SMILES string of the molecule is [2H]C([2H])([2H])c1c(O)c(C)c(C)c2c1CC[C@@](C)(CCCC(C)CCCC(C)CCCC(C)C)O2. The van der Waals surface area contributed by atoms with Gasteiger partial charge in [0.1, 0.15) is 17.1 Å². The van der Waals surface area contributed by atoms with Crippen LogP contribution in [-0.4, -0.2) is 10.7 Å². The summed E-state index contributed by atoms with van der Waals surface area (Å²) in [6.07, 6.45) is 12.8. The van der Waals surface area contributed by atoms with Gasteiger partial charge in [-0.15, -0.1) is 0 Å². The van der Waals surface area contributed by atoms with Crippen molar-refractivity contribution in [1.29, 1.82) is 0 Å². The summed E-state index contributed by atoms with van der Waals surface area (Å²) in [5, 5.41) is 10.6. The van der Waals surface area contributed by atoms with E-state index < -0.39 is 6.85 Å². The lowest BCUT2D eigenvalue weighted by atomic mass is 9.84. The molecule has 0 saturated carbocycles. The zero-order valence-electron chi connectivity index (χ0n) is 24.4. The molecule has 1 aliphatic heterocycles. The zero-order chi connectivity index (χ0) is 25.7. The fourth-order valence-electron chi connectivity index (χ4n) is 5.06. The van der Waals surface area contributed by atoms with E-state index in [1.807, 2.05) is 6.92 Å². The number of ether oxygens (including phenoxy) is 1. The minimum atomic E-state index is -2.34. The predicted molar refractivity (Wildman–Crippen MR) is 134 cm³/mol. The Labute approximate surface area is 197 Å². The Morgan fingerprint density at radius 2 is 1.48 bits per heavy atom. The van der Waals surface area contributed by atoms with Crippen LogP contribution in [0, 0.1) is 38.5 Å². The van der Waals surface area contributed by atoms with Crippen LogP contribution in [0.4, 0.5) is 0 Å². The second-order valence-electron chi connectivity index (χ2n) is 11.2. The van der Waals surface area contributed by atoms with Gasteiger partial charge >= 0.3 is 0 Å². The van der Waals surface area contributed by atoms with Gasteiger partial charge in [0.2, 0.25) is 0 Å². The second-order valence-corrected chi connectivity index (χ2v) is 11.2. The summed E-state index contributed by atoms with van der Waals surface area (Å²) >= 11 is 0. The normalized spacial score (nSPS) is 22.3. The van der Waals surface area contributed by atoms with Gasteiger partial charge in [-0.25, -0.2) is 0 Å². The molecule has 0 bridgehead atoms. The average Bonchev–Trinajstić information content (AvgIpc) is 2.71. The number of benzene rings is 1. The van der Waals surface area contributed by atoms with Crippen LogP contribution < -0.4 is 4.74 Å². The number of phenolic OH excluding ortho intramolecular Hbond substituents is 1. The average molecular weight is 434 g/mol. The van der Waals surface area contributed by atoms with E-state index in [4.69, 9.17) is 8.85 Å². The molecule has 1 aromatic rings. The van der Waals surface area contributed by atoms with Crippen molar-refractivity contribution in [3.63, 3.8) is 0 Å². The highest BCUT2D eigenvalue weighted by Crippen LogP contribution is 2.44. The standard InChI is InChI=1S/C29H50O2/c1-20(2)12-9-13-21(3)14-10-15-22(4)16-11-18-29(8)19-17-26-25(7)27(30)23(5)24(6)28(26)31-29/h20-22,30H,9-19H2,1-8H3/t21?,22?,29-/m1/s1/i7D3. The van der Waals surface area contributed by atoms with Crippen LogP contribution in [0.2, 0.25) is 0 Å². The van der Waals surface area contributed by atoms with Crippen molar-refractivity contribution in [2.45, 2.75) is 132 Å². The monoisotopic (exact) mass is 433 g/mol. The van der Waals surface area contributed by atoms with Gasteiger partial charge in [-0.2, -0.15) is 0 Å². The van der Waals surface area contributed by atoms with E-state index >= 15 is 0 Å². The van der Waals surface area contributed by atoms with Crippen LogP contribution in [-0.2, 0) is 6.42 Å². The molecule has 2 nitrogen and oxygen atoms in total. The Morgan fingerprint density at radius 3 is 2.06 bits per heavy atom. The first-order chi connectivity index (χ1) is 15.7. The smallest absolute Gasteiger partial charge is 0.127 e. The van der Waals surface area contributed by atoms with E-state index in [0.717, 1.165) is 42.6 Å². The summed E-state index contributed by atoms with van der Waals surface area (Å²) in [5.41, 5.74) is 1.95. The number of hydrogen-bond donors (Lipinski definition) is 1. The molecule has 178 valence electrons. The molecule has 0 aromatic heterocycles. The Kier molecular flexibility index (Phi) is 8.11. The summed E-state index contributed by atoms with van der Waals surface area (Å²) < 4.78 is 30.3. The molecule has 2 unspecified atom stereocenters. The van der Waals surface area contributed by atoms with E-state index in [-0.39, 0.29) is 16.9 Å². The molecular formula is C29H50O2. The number of phenols is 1. The van der Waals surface area contributed by atoms with Gasteiger partial charge in [-0.1, -0.05) is 72.6 Å². The van der Waals surface area contributed by atoms with Crippen molar-refractivity contribution in [3.05, 3.63) is 22.3 Å². The lowest BCUT2D eigenvalue weighted by Crippen LogP contribution is -2.37. The van der Waals surface area contributed by atoms with Crippen molar-refractivity contribution in [2.75, 3.05) is 0 Å². The molecule has 2 rings (SSSR count). The Morgan fingerprint density at radius 1 is 0.903 bits per heavy atom. The van der Waals surface area contributed by atoms with E-state index in [2.05, 4.69) is 34.6 Å². The van der Waals surface area contributed by atoms with Crippen LogP contribution in [0.1, 0.15) is 125 Å². The maximum Gasteiger partial charge on any atom is 0.127 e. The molecule has 31 heavy (non-hydrogen) atoms. The number of fused-ring (bicyclic) bond motifs is 1. The number of aromatic hydroxyl groups is 1. The highest BCUT2D eigenvalue weighted by atomic mass is 16.5. The van der Waals surface area contributed by atoms with Crippen LogP contribution in [0.15, 0.2) is 0 Å². The van der Waals surface area contributed by atoms with Gasteiger partial charge in [0, 0.05) is 9.68 Å². The molecule has 0 saturated heterocycles. The van der Waals surface area contributed by atoms with E-state index in [1.54, 1.807) is 6.92 Å². The van der Waals surface area contributed by atoms with Gasteiger partial charge in [-0.3, -0.25) is 0 Å². The molecule has 0 amide bonds. The first-order valence-corrected chi connectivity index (χ1v) is 12.8. The van der Waals surface area contributed by atoms with Gasteiger partial charge < -0.3 is 9.84 Å². The minimum absolute atomic E-state index is 0.0831. The van der Waals surface area contributed by atoms with E-state index in [9.17, 15) is 5.11 Å². The topological polar surface area (TPSA) is 29.5 Å². The van der Waals surface area contributed by atoms with Crippen LogP contribution in [0.5, 0.6) is 11.5 Å². The number of rotatable bonds is 12. The largest absolute Gasteiger partial charge is 0.507 e. The minimum Gasteiger partial charge on any atom is -0.507 e. The first kappa shape index (κ1) is 21.7. The third kappa shape index (κ3) is 7.43. The summed E-state index contributed by atoms with van der Waals surface area (Å²) in [6, 6.07) is 0. The molecule has 0 spiro atoms. The van der Waals surface area contributed by atoms with Crippen LogP contribution in [0.3, 0.4) is 0 Å². The third-order valence-corrected chi connectivity index (χ3v) is 7.60.